The molecule has 1 amide bonds. The van der Waals surface area contributed by atoms with E-state index in [9.17, 15) is 4.79 Å². The molecular formula is C31H40Cl2N2O4. The fourth-order valence-corrected chi connectivity index (χ4v) is 4.50. The van der Waals surface area contributed by atoms with E-state index in [0.29, 0.717) is 39.2 Å². The van der Waals surface area contributed by atoms with Gasteiger partial charge in [-0.05, 0) is 90.5 Å². The highest BCUT2D eigenvalue weighted by Gasteiger charge is 2.25. The molecule has 0 atom stereocenters. The number of unbranched alkanes of at least 4 members (excludes halogenated alkanes) is 1. The summed E-state index contributed by atoms with van der Waals surface area (Å²) in [6.45, 7) is 14.8. The number of rotatable bonds is 13. The lowest BCUT2D eigenvalue weighted by Gasteiger charge is -2.29. The second-order valence-corrected chi connectivity index (χ2v) is 11.8. The standard InChI is InChI=1S/C31H40Cl2N2O4/c1-8-30(4,5)37-22-17-16-21(25(19-22)38-31(6,7)9-2)13-10-11-18-34-29(36)26-20(3)39-35-28(26)27-23(32)14-12-15-24(27)33/h12,14-17,19H,8-11,13,18H2,1-7H3,(H,34,36). The van der Waals surface area contributed by atoms with Crippen molar-refractivity contribution in [3.63, 3.8) is 0 Å². The van der Waals surface area contributed by atoms with Crippen LogP contribution in [0.2, 0.25) is 10.0 Å². The number of nitrogens with one attached hydrogen (secondary N) is 1. The first-order valence-corrected chi connectivity index (χ1v) is 14.3. The minimum atomic E-state index is -0.291. The molecule has 39 heavy (non-hydrogen) atoms. The molecule has 0 aliphatic carbocycles. The number of carbonyl (C=O) groups excluding carboxylic acids is 1. The smallest absolute Gasteiger partial charge is 0.257 e. The summed E-state index contributed by atoms with van der Waals surface area (Å²) in [4.78, 5) is 13.1. The summed E-state index contributed by atoms with van der Waals surface area (Å²) in [6.07, 6.45) is 4.26. The highest BCUT2D eigenvalue weighted by atomic mass is 35.5. The molecule has 3 aromatic rings. The van der Waals surface area contributed by atoms with Crippen LogP contribution in [0.3, 0.4) is 0 Å². The number of aromatic nitrogens is 1. The molecule has 212 valence electrons. The first-order valence-electron chi connectivity index (χ1n) is 13.6. The second-order valence-electron chi connectivity index (χ2n) is 11.0. The zero-order chi connectivity index (χ0) is 28.8. The lowest BCUT2D eigenvalue weighted by molar-refractivity contribution is 0.0941. The van der Waals surface area contributed by atoms with E-state index in [0.717, 1.165) is 49.2 Å². The van der Waals surface area contributed by atoms with Gasteiger partial charge in [-0.2, -0.15) is 0 Å². The number of nitrogens with zero attached hydrogens (tertiary/aromatic N) is 1. The normalized spacial score (nSPS) is 11.9. The molecule has 1 aromatic heterocycles. The molecule has 1 heterocycles. The van der Waals surface area contributed by atoms with Crippen molar-refractivity contribution in [2.45, 2.75) is 91.8 Å². The van der Waals surface area contributed by atoms with Crippen LogP contribution in [0, 0.1) is 6.92 Å². The van der Waals surface area contributed by atoms with Crippen LogP contribution >= 0.6 is 23.2 Å². The molecule has 0 aliphatic heterocycles. The number of hydrogen-bond acceptors (Lipinski definition) is 5. The maximum Gasteiger partial charge on any atom is 0.257 e. The van der Waals surface area contributed by atoms with Crippen LogP contribution < -0.4 is 14.8 Å². The van der Waals surface area contributed by atoms with Gasteiger partial charge in [-0.25, -0.2) is 0 Å². The highest BCUT2D eigenvalue weighted by Crippen LogP contribution is 2.37. The minimum absolute atomic E-state index is 0.253. The van der Waals surface area contributed by atoms with Crippen molar-refractivity contribution in [1.29, 1.82) is 0 Å². The Morgan fingerprint density at radius 1 is 0.974 bits per heavy atom. The van der Waals surface area contributed by atoms with Crippen LogP contribution in [0.5, 0.6) is 11.5 Å². The SMILES string of the molecule is CCC(C)(C)Oc1ccc(CCCCNC(=O)c2c(-c3c(Cl)cccc3Cl)noc2C)c(OC(C)(C)CC)c1. The molecule has 3 rings (SSSR count). The van der Waals surface area contributed by atoms with E-state index in [1.165, 1.54) is 0 Å². The molecule has 0 radical (unpaired) electrons. The van der Waals surface area contributed by atoms with E-state index in [4.69, 9.17) is 37.2 Å². The molecule has 6 nitrogen and oxygen atoms in total. The molecule has 1 N–H and O–H groups in total. The van der Waals surface area contributed by atoms with Gasteiger partial charge in [0.25, 0.3) is 5.91 Å². The Labute approximate surface area is 242 Å². The van der Waals surface area contributed by atoms with Crippen molar-refractivity contribution in [3.8, 4) is 22.8 Å². The van der Waals surface area contributed by atoms with Crippen LogP contribution in [-0.4, -0.2) is 28.8 Å². The third kappa shape index (κ3) is 8.15. The Morgan fingerprint density at radius 3 is 2.26 bits per heavy atom. The van der Waals surface area contributed by atoms with E-state index in [2.05, 4.69) is 58.1 Å². The van der Waals surface area contributed by atoms with E-state index >= 15 is 0 Å². The van der Waals surface area contributed by atoms with E-state index in [1.807, 2.05) is 12.1 Å². The Balaban J connectivity index is 1.64. The number of hydrogen-bond donors (Lipinski definition) is 1. The molecule has 2 aromatic carbocycles. The van der Waals surface area contributed by atoms with E-state index in [-0.39, 0.29) is 17.1 Å². The van der Waals surface area contributed by atoms with E-state index < -0.39 is 0 Å². The van der Waals surface area contributed by atoms with Crippen LogP contribution in [0.4, 0.5) is 0 Å². The average Bonchev–Trinajstić information content (AvgIpc) is 3.25. The molecule has 0 saturated heterocycles. The third-order valence-electron chi connectivity index (χ3n) is 6.97. The Bertz CT molecular complexity index is 1260. The predicted octanol–water partition coefficient (Wildman–Crippen LogP) is 8.84. The number of amides is 1. The van der Waals surface area contributed by atoms with Crippen LogP contribution in [-0.2, 0) is 6.42 Å². The predicted molar refractivity (Wildman–Crippen MR) is 158 cm³/mol. The largest absolute Gasteiger partial charge is 0.488 e. The van der Waals surface area contributed by atoms with Gasteiger partial charge >= 0.3 is 0 Å². The third-order valence-corrected chi connectivity index (χ3v) is 7.60. The molecule has 0 saturated carbocycles. The monoisotopic (exact) mass is 574 g/mol. The van der Waals surface area contributed by atoms with Gasteiger partial charge in [-0.3, -0.25) is 4.79 Å². The first-order chi connectivity index (χ1) is 18.4. The van der Waals surface area contributed by atoms with E-state index in [1.54, 1.807) is 25.1 Å². The Hall–Kier alpha value is -2.70. The summed E-state index contributed by atoms with van der Waals surface area (Å²) in [5.41, 5.74) is 1.75. The molecule has 0 spiro atoms. The molecule has 0 unspecified atom stereocenters. The maximum atomic E-state index is 13.1. The summed E-state index contributed by atoms with van der Waals surface area (Å²) in [5, 5.41) is 7.87. The number of benzene rings is 2. The molecular weight excluding hydrogens is 535 g/mol. The summed E-state index contributed by atoms with van der Waals surface area (Å²) in [7, 11) is 0. The van der Waals surface area contributed by atoms with Gasteiger partial charge < -0.3 is 19.3 Å². The lowest BCUT2D eigenvalue weighted by atomic mass is 10.0. The second kappa shape index (κ2) is 13.1. The van der Waals surface area contributed by atoms with Crippen molar-refractivity contribution in [3.05, 3.63) is 63.3 Å². The zero-order valence-corrected chi connectivity index (χ0v) is 25.6. The number of halogens is 2. The van der Waals surface area contributed by atoms with Gasteiger partial charge in [-0.1, -0.05) is 54.3 Å². The Kier molecular flexibility index (Phi) is 10.4. The number of ether oxygens (including phenoxy) is 2. The van der Waals surface area contributed by atoms with Crippen molar-refractivity contribution in [1.82, 2.24) is 10.5 Å². The van der Waals surface area contributed by atoms with Crippen molar-refractivity contribution < 1.29 is 18.8 Å². The van der Waals surface area contributed by atoms with Gasteiger partial charge in [0.15, 0.2) is 0 Å². The van der Waals surface area contributed by atoms with Gasteiger partial charge in [-0.15, -0.1) is 0 Å². The van der Waals surface area contributed by atoms with Crippen molar-refractivity contribution >= 4 is 29.1 Å². The summed E-state index contributed by atoms with van der Waals surface area (Å²) in [6, 6.07) is 11.3. The molecule has 0 aliphatic rings. The maximum absolute atomic E-state index is 13.1. The lowest BCUT2D eigenvalue weighted by Crippen LogP contribution is -2.28. The van der Waals surface area contributed by atoms with Crippen LogP contribution in [0.25, 0.3) is 11.3 Å². The average molecular weight is 576 g/mol. The van der Waals surface area contributed by atoms with Crippen molar-refractivity contribution in [2.24, 2.45) is 0 Å². The topological polar surface area (TPSA) is 73.6 Å². The molecule has 0 fully saturated rings. The van der Waals surface area contributed by atoms with Crippen LogP contribution in [0.1, 0.15) is 88.9 Å². The Morgan fingerprint density at radius 2 is 1.62 bits per heavy atom. The fraction of sp³-hybridized carbons (Fsp3) is 0.484. The number of aryl methyl sites for hydroxylation is 2. The summed E-state index contributed by atoms with van der Waals surface area (Å²) < 4.78 is 17.9. The summed E-state index contributed by atoms with van der Waals surface area (Å²) >= 11 is 12.7. The van der Waals surface area contributed by atoms with Crippen molar-refractivity contribution in [2.75, 3.05) is 6.54 Å². The van der Waals surface area contributed by atoms with Gasteiger partial charge in [0.2, 0.25) is 0 Å². The quantitative estimate of drug-likeness (QED) is 0.206. The van der Waals surface area contributed by atoms with Gasteiger partial charge in [0, 0.05) is 18.2 Å². The highest BCUT2D eigenvalue weighted by molar-refractivity contribution is 6.39. The summed E-state index contributed by atoms with van der Waals surface area (Å²) in [5.74, 6) is 1.79. The number of carbonyl (C=O) groups is 1. The minimum Gasteiger partial charge on any atom is -0.488 e. The zero-order valence-electron chi connectivity index (χ0n) is 24.0. The fourth-order valence-electron chi connectivity index (χ4n) is 3.93. The van der Waals surface area contributed by atoms with Gasteiger partial charge in [0.1, 0.15) is 39.7 Å². The molecule has 8 heteroatoms. The van der Waals surface area contributed by atoms with Crippen LogP contribution in [0.15, 0.2) is 40.9 Å². The molecule has 0 bridgehead atoms. The first kappa shape index (κ1) is 30.8. The van der Waals surface area contributed by atoms with Gasteiger partial charge in [0.05, 0.1) is 10.0 Å².